The third-order valence-corrected chi connectivity index (χ3v) is 3.75. The summed E-state index contributed by atoms with van der Waals surface area (Å²) >= 11 is 0. The van der Waals surface area contributed by atoms with Crippen molar-refractivity contribution >= 4 is 22.5 Å². The lowest BCUT2D eigenvalue weighted by Crippen LogP contribution is -2.12. The Morgan fingerprint density at radius 2 is 1.95 bits per heavy atom. The van der Waals surface area contributed by atoms with Crippen LogP contribution in [0.1, 0.15) is 16.1 Å². The molecule has 5 nitrogen and oxygen atoms in total. The molecule has 3 aromatic rings. The summed E-state index contributed by atoms with van der Waals surface area (Å²) in [4.78, 5) is 15.8. The van der Waals surface area contributed by atoms with E-state index in [-0.39, 0.29) is 12.7 Å². The van der Waals surface area contributed by atoms with E-state index in [2.05, 4.69) is 10.3 Å². The van der Waals surface area contributed by atoms with Crippen molar-refractivity contribution in [2.24, 2.45) is 0 Å². The van der Waals surface area contributed by atoms with Crippen LogP contribution >= 0.6 is 0 Å². The van der Waals surface area contributed by atoms with E-state index in [1.54, 1.807) is 18.2 Å². The maximum absolute atomic E-state index is 12.6. The predicted molar refractivity (Wildman–Crippen MR) is 83.6 cm³/mol. The number of anilines is 1. The van der Waals surface area contributed by atoms with E-state index in [1.165, 1.54) is 0 Å². The van der Waals surface area contributed by atoms with Crippen LogP contribution in [0.2, 0.25) is 0 Å². The summed E-state index contributed by atoms with van der Waals surface area (Å²) < 4.78 is 10.6. The summed E-state index contributed by atoms with van der Waals surface area (Å²) in [6, 6.07) is 13.1. The normalized spacial score (nSPS) is 12.6. The van der Waals surface area contributed by atoms with Gasteiger partial charge in [0, 0.05) is 28.4 Å². The van der Waals surface area contributed by atoms with Crippen LogP contribution < -0.4 is 14.8 Å². The first-order valence-electron chi connectivity index (χ1n) is 7.01. The van der Waals surface area contributed by atoms with Crippen molar-refractivity contribution in [2.75, 3.05) is 12.1 Å². The number of para-hydroxylation sites is 1. The number of rotatable bonds is 2. The van der Waals surface area contributed by atoms with Crippen LogP contribution in [0.25, 0.3) is 10.9 Å². The van der Waals surface area contributed by atoms with Gasteiger partial charge in [-0.15, -0.1) is 0 Å². The van der Waals surface area contributed by atoms with Crippen molar-refractivity contribution < 1.29 is 14.3 Å². The fraction of sp³-hybridized carbons (Fsp3) is 0.118. The van der Waals surface area contributed by atoms with Gasteiger partial charge in [0.25, 0.3) is 5.91 Å². The highest BCUT2D eigenvalue weighted by Gasteiger charge is 2.18. The largest absolute Gasteiger partial charge is 0.454 e. The molecule has 0 fully saturated rings. The standard InChI is InChI=1S/C17H14N2O3/c1-10-16(12-4-2-3-5-13(12)18-10)17(20)19-11-6-7-14-15(8-11)22-9-21-14/h2-8,18H,9H2,1H3,(H,19,20). The van der Waals surface area contributed by atoms with Crippen LogP contribution in [-0.4, -0.2) is 17.7 Å². The number of hydrogen-bond acceptors (Lipinski definition) is 3. The van der Waals surface area contributed by atoms with Gasteiger partial charge < -0.3 is 19.8 Å². The fourth-order valence-corrected chi connectivity index (χ4v) is 2.74. The number of aromatic amines is 1. The monoisotopic (exact) mass is 294 g/mol. The molecule has 4 rings (SSSR count). The van der Waals surface area contributed by atoms with E-state index < -0.39 is 0 Å². The molecular formula is C17H14N2O3. The molecule has 0 unspecified atom stereocenters. The minimum Gasteiger partial charge on any atom is -0.454 e. The van der Waals surface area contributed by atoms with Gasteiger partial charge in [-0.1, -0.05) is 18.2 Å². The molecule has 1 aromatic heterocycles. The minimum atomic E-state index is -0.145. The van der Waals surface area contributed by atoms with E-state index in [1.807, 2.05) is 31.2 Å². The molecule has 0 bridgehead atoms. The number of amides is 1. The summed E-state index contributed by atoms with van der Waals surface area (Å²) in [5, 5.41) is 3.83. The minimum absolute atomic E-state index is 0.145. The first-order valence-corrected chi connectivity index (χ1v) is 7.01. The third kappa shape index (κ3) is 1.98. The molecule has 0 spiro atoms. The Balaban J connectivity index is 1.68. The zero-order valence-corrected chi connectivity index (χ0v) is 12.0. The number of carbonyl (C=O) groups excluding carboxylic acids is 1. The molecule has 5 heteroatoms. The van der Waals surface area contributed by atoms with Crippen LogP contribution in [-0.2, 0) is 0 Å². The second-order valence-electron chi connectivity index (χ2n) is 5.19. The molecule has 2 N–H and O–H groups in total. The fourth-order valence-electron chi connectivity index (χ4n) is 2.74. The lowest BCUT2D eigenvalue weighted by molar-refractivity contribution is 0.102. The molecule has 0 radical (unpaired) electrons. The molecular weight excluding hydrogens is 280 g/mol. The van der Waals surface area contributed by atoms with E-state index in [0.717, 1.165) is 16.6 Å². The quantitative estimate of drug-likeness (QED) is 0.761. The summed E-state index contributed by atoms with van der Waals surface area (Å²) in [6.07, 6.45) is 0. The van der Waals surface area contributed by atoms with Crippen LogP contribution in [0.4, 0.5) is 5.69 Å². The lowest BCUT2D eigenvalue weighted by Gasteiger charge is -2.06. The van der Waals surface area contributed by atoms with Gasteiger partial charge in [0.05, 0.1) is 5.56 Å². The third-order valence-electron chi connectivity index (χ3n) is 3.75. The molecule has 0 saturated carbocycles. The molecule has 2 heterocycles. The highest BCUT2D eigenvalue weighted by atomic mass is 16.7. The van der Waals surface area contributed by atoms with E-state index in [4.69, 9.17) is 9.47 Å². The average Bonchev–Trinajstić information content (AvgIpc) is 3.09. The number of aromatic nitrogens is 1. The molecule has 0 saturated heterocycles. The summed E-state index contributed by atoms with van der Waals surface area (Å²) in [7, 11) is 0. The van der Waals surface area contributed by atoms with Crippen molar-refractivity contribution in [3.8, 4) is 11.5 Å². The van der Waals surface area contributed by atoms with Gasteiger partial charge in [0.1, 0.15) is 0 Å². The first-order chi connectivity index (χ1) is 10.7. The number of hydrogen-bond donors (Lipinski definition) is 2. The van der Waals surface area contributed by atoms with Crippen molar-refractivity contribution in [3.05, 3.63) is 53.7 Å². The topological polar surface area (TPSA) is 63.4 Å². The molecule has 1 amide bonds. The van der Waals surface area contributed by atoms with Crippen LogP contribution in [0, 0.1) is 6.92 Å². The van der Waals surface area contributed by atoms with Crippen molar-refractivity contribution in [1.29, 1.82) is 0 Å². The van der Waals surface area contributed by atoms with Crippen molar-refractivity contribution in [1.82, 2.24) is 4.98 Å². The second kappa shape index (κ2) is 4.80. The molecule has 1 aliphatic rings. The number of H-pyrrole nitrogens is 1. The lowest BCUT2D eigenvalue weighted by atomic mass is 10.1. The van der Waals surface area contributed by atoms with Gasteiger partial charge >= 0.3 is 0 Å². The predicted octanol–water partition coefficient (Wildman–Crippen LogP) is 3.46. The Hall–Kier alpha value is -2.95. The van der Waals surface area contributed by atoms with Gasteiger partial charge in [-0.05, 0) is 25.1 Å². The van der Waals surface area contributed by atoms with Crippen molar-refractivity contribution in [3.63, 3.8) is 0 Å². The molecule has 1 aliphatic heterocycles. The maximum Gasteiger partial charge on any atom is 0.258 e. The zero-order valence-electron chi connectivity index (χ0n) is 12.0. The average molecular weight is 294 g/mol. The number of aryl methyl sites for hydroxylation is 1. The zero-order chi connectivity index (χ0) is 15.1. The highest BCUT2D eigenvalue weighted by molar-refractivity contribution is 6.14. The number of nitrogens with one attached hydrogen (secondary N) is 2. The number of benzene rings is 2. The van der Waals surface area contributed by atoms with E-state index in [9.17, 15) is 4.79 Å². The SMILES string of the molecule is Cc1[nH]c2ccccc2c1C(=O)Nc1ccc2c(c1)OCO2. The number of fused-ring (bicyclic) bond motifs is 2. The molecule has 0 atom stereocenters. The Bertz CT molecular complexity index is 883. The van der Waals surface area contributed by atoms with Crippen LogP contribution in [0.15, 0.2) is 42.5 Å². The molecule has 110 valence electrons. The molecule has 2 aromatic carbocycles. The Labute approximate surface area is 126 Å². The van der Waals surface area contributed by atoms with Gasteiger partial charge in [0.15, 0.2) is 11.5 Å². The molecule has 0 aliphatic carbocycles. The first kappa shape index (κ1) is 12.8. The van der Waals surface area contributed by atoms with Crippen LogP contribution in [0.3, 0.4) is 0 Å². The van der Waals surface area contributed by atoms with Gasteiger partial charge in [-0.2, -0.15) is 0 Å². The smallest absolute Gasteiger partial charge is 0.258 e. The van der Waals surface area contributed by atoms with E-state index in [0.29, 0.717) is 22.7 Å². The maximum atomic E-state index is 12.6. The van der Waals surface area contributed by atoms with Gasteiger partial charge in [0.2, 0.25) is 6.79 Å². The second-order valence-corrected chi connectivity index (χ2v) is 5.19. The summed E-state index contributed by atoms with van der Waals surface area (Å²) in [5.74, 6) is 1.20. The van der Waals surface area contributed by atoms with Gasteiger partial charge in [-0.25, -0.2) is 0 Å². The Morgan fingerprint density at radius 3 is 2.86 bits per heavy atom. The van der Waals surface area contributed by atoms with Gasteiger partial charge in [-0.3, -0.25) is 4.79 Å². The number of ether oxygens (including phenoxy) is 2. The van der Waals surface area contributed by atoms with Crippen molar-refractivity contribution in [2.45, 2.75) is 6.92 Å². The Morgan fingerprint density at radius 1 is 1.14 bits per heavy atom. The van der Waals surface area contributed by atoms with E-state index >= 15 is 0 Å². The molecule has 22 heavy (non-hydrogen) atoms. The summed E-state index contributed by atoms with van der Waals surface area (Å²) in [5.41, 5.74) is 3.14. The highest BCUT2D eigenvalue weighted by Crippen LogP contribution is 2.34. The number of carbonyl (C=O) groups is 1. The van der Waals surface area contributed by atoms with Crippen LogP contribution in [0.5, 0.6) is 11.5 Å². The summed E-state index contributed by atoms with van der Waals surface area (Å²) in [6.45, 7) is 2.11. The Kier molecular flexibility index (Phi) is 2.79.